The molecule has 2 amide bonds. The van der Waals surface area contributed by atoms with Gasteiger partial charge in [-0.1, -0.05) is 12.1 Å². The number of hydrogen-bond donors (Lipinski definition) is 3. The average molecular weight is 395 g/mol. The number of aliphatic hydroxyl groups is 1. The molecule has 0 unspecified atom stereocenters. The second-order valence-electron chi connectivity index (χ2n) is 7.33. The molecule has 0 radical (unpaired) electrons. The van der Waals surface area contributed by atoms with Crippen molar-refractivity contribution in [3.8, 4) is 0 Å². The highest BCUT2D eigenvalue weighted by Crippen LogP contribution is 2.22. The molecular weight excluding hydrogens is 365 g/mol. The lowest BCUT2D eigenvalue weighted by Crippen LogP contribution is -2.51. The third kappa shape index (κ3) is 6.85. The first kappa shape index (κ1) is 22.3. The van der Waals surface area contributed by atoms with Crippen molar-refractivity contribution in [2.24, 2.45) is 0 Å². The molecule has 0 saturated carbocycles. The maximum atomic E-state index is 13.8. The molecule has 3 atom stereocenters. The molecule has 3 N–H and O–H groups in total. The first-order chi connectivity index (χ1) is 13.4. The van der Waals surface area contributed by atoms with Crippen molar-refractivity contribution in [3.63, 3.8) is 0 Å². The van der Waals surface area contributed by atoms with Crippen molar-refractivity contribution in [3.05, 3.63) is 35.6 Å². The Labute approximate surface area is 165 Å². The highest BCUT2D eigenvalue weighted by Gasteiger charge is 2.33. The van der Waals surface area contributed by atoms with Crippen LogP contribution in [0.5, 0.6) is 0 Å². The highest BCUT2D eigenvalue weighted by atomic mass is 19.1. The Morgan fingerprint density at radius 2 is 2.04 bits per heavy atom. The lowest BCUT2D eigenvalue weighted by Gasteiger charge is -2.36. The highest BCUT2D eigenvalue weighted by molar-refractivity contribution is 5.94. The lowest BCUT2D eigenvalue weighted by molar-refractivity contribution is -0.130. The molecule has 1 saturated heterocycles. The second-order valence-corrected chi connectivity index (χ2v) is 7.33. The molecule has 2 rings (SSSR count). The predicted molar refractivity (Wildman–Crippen MR) is 103 cm³/mol. The fraction of sp³-hybridized carbons (Fsp3) is 0.600. The van der Waals surface area contributed by atoms with Crippen LogP contribution >= 0.6 is 0 Å². The molecule has 28 heavy (non-hydrogen) atoms. The summed E-state index contributed by atoms with van der Waals surface area (Å²) < 4.78 is 19.6. The van der Waals surface area contributed by atoms with E-state index in [-0.39, 0.29) is 30.6 Å². The molecule has 0 bridgehead atoms. The van der Waals surface area contributed by atoms with Gasteiger partial charge in [-0.2, -0.15) is 0 Å². The Balaban J connectivity index is 1.80. The van der Waals surface area contributed by atoms with Crippen molar-refractivity contribution in [2.45, 2.75) is 43.9 Å². The summed E-state index contributed by atoms with van der Waals surface area (Å²) in [5.41, 5.74) is -0.0431. The zero-order valence-corrected chi connectivity index (χ0v) is 16.5. The zero-order chi connectivity index (χ0) is 20.5. The van der Waals surface area contributed by atoms with Gasteiger partial charge < -0.3 is 25.4 Å². The summed E-state index contributed by atoms with van der Waals surface area (Å²) in [5.74, 6) is -1.22. The van der Waals surface area contributed by atoms with Gasteiger partial charge in [0.15, 0.2) is 0 Å². The van der Waals surface area contributed by atoms with Gasteiger partial charge in [-0.15, -0.1) is 0 Å². The lowest BCUT2D eigenvalue weighted by atomic mass is 9.96. The van der Waals surface area contributed by atoms with Gasteiger partial charge >= 0.3 is 0 Å². The summed E-state index contributed by atoms with van der Waals surface area (Å²) in [6, 6.07) is 5.31. The number of benzene rings is 1. The summed E-state index contributed by atoms with van der Waals surface area (Å²) in [6.07, 6.45) is 1.26. The van der Waals surface area contributed by atoms with Crippen LogP contribution in [0.15, 0.2) is 24.3 Å². The van der Waals surface area contributed by atoms with Crippen molar-refractivity contribution in [2.75, 3.05) is 33.8 Å². The van der Waals surface area contributed by atoms with Crippen LogP contribution in [0.25, 0.3) is 0 Å². The molecule has 1 aromatic rings. The molecule has 156 valence electrons. The van der Waals surface area contributed by atoms with Gasteiger partial charge in [0.2, 0.25) is 5.91 Å². The average Bonchev–Trinajstić information content (AvgIpc) is 2.66. The van der Waals surface area contributed by atoms with E-state index in [2.05, 4.69) is 15.5 Å². The number of hydrogen-bond acceptors (Lipinski definition) is 5. The van der Waals surface area contributed by atoms with Crippen LogP contribution in [0.3, 0.4) is 0 Å². The van der Waals surface area contributed by atoms with E-state index < -0.39 is 23.9 Å². The Kier molecular flexibility index (Phi) is 8.82. The van der Waals surface area contributed by atoms with Gasteiger partial charge in [0.05, 0.1) is 30.7 Å². The van der Waals surface area contributed by atoms with E-state index in [0.717, 1.165) is 13.0 Å². The van der Waals surface area contributed by atoms with Crippen molar-refractivity contribution >= 4 is 11.8 Å². The number of aliphatic hydroxyl groups excluding tert-OH is 1. The minimum absolute atomic E-state index is 0.0431. The Morgan fingerprint density at radius 3 is 2.71 bits per heavy atom. The minimum atomic E-state index is -0.629. The quantitative estimate of drug-likeness (QED) is 0.541. The number of nitrogens with zero attached hydrogens (tertiary/aromatic N) is 1. The number of carbonyl (C=O) groups is 2. The standard InChI is InChI=1S/C20H30FN3O4/c1-24(2)11-5-10-22-19(26)12-14-8-9-17(18(13-25)28-14)23-20(27)15-6-3-4-7-16(15)21/h3-4,6-7,14,17-18,25H,5,8-13H2,1-2H3,(H,22,26)(H,23,27)/t14-,17+,18+/m1/s1. The maximum absolute atomic E-state index is 13.8. The Morgan fingerprint density at radius 1 is 1.29 bits per heavy atom. The Hall–Kier alpha value is -2.03. The van der Waals surface area contributed by atoms with E-state index >= 15 is 0 Å². The van der Waals surface area contributed by atoms with E-state index in [1.807, 2.05) is 14.1 Å². The van der Waals surface area contributed by atoms with Gasteiger partial charge in [0, 0.05) is 6.54 Å². The topological polar surface area (TPSA) is 90.9 Å². The van der Waals surface area contributed by atoms with Crippen LogP contribution in [0, 0.1) is 5.82 Å². The van der Waals surface area contributed by atoms with E-state index in [0.29, 0.717) is 19.4 Å². The first-order valence-corrected chi connectivity index (χ1v) is 9.63. The zero-order valence-electron chi connectivity index (χ0n) is 16.5. The first-order valence-electron chi connectivity index (χ1n) is 9.63. The van der Waals surface area contributed by atoms with Crippen LogP contribution in [-0.4, -0.2) is 73.9 Å². The largest absolute Gasteiger partial charge is 0.394 e. The number of amides is 2. The number of halogens is 1. The normalized spacial score (nSPS) is 22.1. The Bertz CT molecular complexity index is 656. The second kappa shape index (κ2) is 11.1. The van der Waals surface area contributed by atoms with Gasteiger partial charge in [-0.05, 0) is 52.0 Å². The van der Waals surface area contributed by atoms with Crippen LogP contribution in [0.1, 0.15) is 36.0 Å². The van der Waals surface area contributed by atoms with E-state index in [4.69, 9.17) is 4.74 Å². The fourth-order valence-electron chi connectivity index (χ4n) is 3.24. The summed E-state index contributed by atoms with van der Waals surface area (Å²) in [5, 5.41) is 15.2. The van der Waals surface area contributed by atoms with Crippen LogP contribution < -0.4 is 10.6 Å². The molecule has 0 aliphatic carbocycles. The molecule has 0 spiro atoms. The summed E-state index contributed by atoms with van der Waals surface area (Å²) in [6.45, 7) is 1.22. The number of carbonyl (C=O) groups excluding carboxylic acids is 2. The van der Waals surface area contributed by atoms with Gasteiger partial charge in [0.25, 0.3) is 5.91 Å². The molecule has 0 aromatic heterocycles. The maximum Gasteiger partial charge on any atom is 0.254 e. The molecule has 1 aliphatic rings. The fourth-order valence-corrected chi connectivity index (χ4v) is 3.24. The van der Waals surface area contributed by atoms with Gasteiger partial charge in [0.1, 0.15) is 11.9 Å². The molecule has 7 nitrogen and oxygen atoms in total. The van der Waals surface area contributed by atoms with Crippen molar-refractivity contribution in [1.29, 1.82) is 0 Å². The summed E-state index contributed by atoms with van der Waals surface area (Å²) in [7, 11) is 3.96. The van der Waals surface area contributed by atoms with Gasteiger partial charge in [-0.25, -0.2) is 4.39 Å². The minimum Gasteiger partial charge on any atom is -0.394 e. The smallest absolute Gasteiger partial charge is 0.254 e. The van der Waals surface area contributed by atoms with E-state index in [1.54, 1.807) is 6.07 Å². The summed E-state index contributed by atoms with van der Waals surface area (Å²) >= 11 is 0. The third-order valence-corrected chi connectivity index (χ3v) is 4.75. The molecule has 1 aliphatic heterocycles. The van der Waals surface area contributed by atoms with Crippen molar-refractivity contribution in [1.82, 2.24) is 15.5 Å². The number of rotatable bonds is 9. The summed E-state index contributed by atoms with van der Waals surface area (Å²) in [4.78, 5) is 26.4. The molecular formula is C20H30FN3O4. The van der Waals surface area contributed by atoms with Gasteiger partial charge in [-0.3, -0.25) is 9.59 Å². The van der Waals surface area contributed by atoms with Crippen LogP contribution in [0.4, 0.5) is 4.39 Å². The number of nitrogens with one attached hydrogen (secondary N) is 2. The van der Waals surface area contributed by atoms with Crippen molar-refractivity contribution < 1.29 is 23.8 Å². The third-order valence-electron chi connectivity index (χ3n) is 4.75. The monoisotopic (exact) mass is 395 g/mol. The number of ether oxygens (including phenoxy) is 1. The predicted octanol–water partition coefficient (Wildman–Crippen LogP) is 0.922. The van der Waals surface area contributed by atoms with Crippen LogP contribution in [0.2, 0.25) is 0 Å². The van der Waals surface area contributed by atoms with Crippen LogP contribution in [-0.2, 0) is 9.53 Å². The van der Waals surface area contributed by atoms with E-state index in [9.17, 15) is 19.1 Å². The molecule has 1 heterocycles. The SMILES string of the molecule is CN(C)CCCNC(=O)C[C@H]1CC[C@H](NC(=O)c2ccccc2F)[C@H](CO)O1. The van der Waals surface area contributed by atoms with E-state index in [1.165, 1.54) is 18.2 Å². The molecule has 1 aromatic carbocycles. The molecule has 1 fully saturated rings. The molecule has 8 heteroatoms.